The molecule has 0 radical (unpaired) electrons. The third-order valence-electron chi connectivity index (χ3n) is 3.78. The van der Waals surface area contributed by atoms with E-state index < -0.39 is 0 Å². The number of hydrogen-bond acceptors (Lipinski definition) is 1. The summed E-state index contributed by atoms with van der Waals surface area (Å²) in [6.45, 7) is 2.28. The second-order valence-electron chi connectivity index (χ2n) is 5.44. The van der Waals surface area contributed by atoms with Crippen molar-refractivity contribution in [2.24, 2.45) is 0 Å². The van der Waals surface area contributed by atoms with Gasteiger partial charge in [0.25, 0.3) is 0 Å². The average Bonchev–Trinajstić information content (AvgIpc) is 2.62. The minimum absolute atomic E-state index is 0.354. The van der Waals surface area contributed by atoms with E-state index in [0.29, 0.717) is 5.92 Å². The number of hydrogen-bond donors (Lipinski definition) is 0. The van der Waals surface area contributed by atoms with Crippen molar-refractivity contribution in [1.82, 2.24) is 4.98 Å². The van der Waals surface area contributed by atoms with Gasteiger partial charge < -0.3 is 0 Å². The van der Waals surface area contributed by atoms with Crippen molar-refractivity contribution < 1.29 is 0 Å². The van der Waals surface area contributed by atoms with Gasteiger partial charge in [0.15, 0.2) is 0 Å². The summed E-state index contributed by atoms with van der Waals surface area (Å²) in [6.07, 6.45) is 3.01. The third kappa shape index (κ3) is 3.61. The minimum Gasteiger partial charge on any atom is -0.261 e. The monoisotopic (exact) mass is 305 g/mol. The highest BCUT2D eigenvalue weighted by Crippen LogP contribution is 2.38. The second-order valence-corrected chi connectivity index (χ2v) is 7.69. The quantitative estimate of drug-likeness (QED) is 0.640. The lowest BCUT2D eigenvalue weighted by atomic mass is 10.1. The molecule has 0 amide bonds. The number of pyridine rings is 1. The molecule has 1 unspecified atom stereocenters. The Morgan fingerprint density at radius 2 is 1.32 bits per heavy atom. The topological polar surface area (TPSA) is 12.9 Å². The Balaban J connectivity index is 1.90. The molecule has 110 valence electrons. The first kappa shape index (κ1) is 14.9. The van der Waals surface area contributed by atoms with Gasteiger partial charge in [-0.15, -0.1) is 0 Å². The normalized spacial score (nSPS) is 12.3. The molecule has 22 heavy (non-hydrogen) atoms. The van der Waals surface area contributed by atoms with Crippen LogP contribution in [-0.2, 0) is 0 Å². The van der Waals surface area contributed by atoms with Crippen LogP contribution in [0.25, 0.3) is 0 Å². The number of nitrogens with zero attached hydrogens (tertiary/aromatic N) is 1. The molecule has 0 fully saturated rings. The smallest absolute Gasteiger partial charge is 0.0435 e. The first-order chi connectivity index (χ1) is 10.8. The Kier molecular flexibility index (Phi) is 4.98. The fourth-order valence-electron chi connectivity index (χ4n) is 2.61. The van der Waals surface area contributed by atoms with Gasteiger partial charge in [-0.1, -0.05) is 73.7 Å². The van der Waals surface area contributed by atoms with Crippen molar-refractivity contribution >= 4 is 18.5 Å². The Labute approximate surface area is 133 Å². The summed E-state index contributed by atoms with van der Waals surface area (Å²) in [5.74, 6) is 0.452. The number of aromatic nitrogens is 1. The first-order valence-corrected chi connectivity index (χ1v) is 9.16. The van der Waals surface area contributed by atoms with E-state index in [-0.39, 0.29) is 7.92 Å². The molecule has 1 aromatic heterocycles. The van der Waals surface area contributed by atoms with Gasteiger partial charge in [-0.3, -0.25) is 4.98 Å². The molecule has 0 aliphatic heterocycles. The zero-order chi connectivity index (χ0) is 15.2. The van der Waals surface area contributed by atoms with Crippen LogP contribution in [0.1, 0.15) is 18.5 Å². The van der Waals surface area contributed by atoms with Gasteiger partial charge in [0.2, 0.25) is 0 Å². The fraction of sp³-hybridized carbons (Fsp3) is 0.150. The van der Waals surface area contributed by atoms with E-state index in [0.717, 1.165) is 6.16 Å². The molecule has 2 heteroatoms. The van der Waals surface area contributed by atoms with E-state index in [4.69, 9.17) is 0 Å². The lowest BCUT2D eigenvalue weighted by Gasteiger charge is -2.22. The highest BCUT2D eigenvalue weighted by molar-refractivity contribution is 7.73. The molecule has 1 heterocycles. The van der Waals surface area contributed by atoms with Gasteiger partial charge in [-0.25, -0.2) is 0 Å². The van der Waals surface area contributed by atoms with Gasteiger partial charge in [-0.2, -0.15) is 0 Å². The van der Waals surface area contributed by atoms with Gasteiger partial charge in [0, 0.05) is 17.8 Å². The molecule has 1 nitrogen and oxygen atoms in total. The zero-order valence-electron chi connectivity index (χ0n) is 12.8. The van der Waals surface area contributed by atoms with Crippen molar-refractivity contribution in [3.63, 3.8) is 0 Å². The van der Waals surface area contributed by atoms with Crippen LogP contribution in [0.2, 0.25) is 0 Å². The summed E-state index contributed by atoms with van der Waals surface area (Å²) in [5, 5.41) is 2.87. The largest absolute Gasteiger partial charge is 0.261 e. The first-order valence-electron chi connectivity index (χ1n) is 7.63. The summed E-state index contributed by atoms with van der Waals surface area (Å²) in [4.78, 5) is 4.53. The summed E-state index contributed by atoms with van der Waals surface area (Å²) >= 11 is 0. The Bertz CT molecular complexity index is 643. The average molecular weight is 305 g/mol. The molecule has 0 spiro atoms. The van der Waals surface area contributed by atoms with E-state index in [1.165, 1.54) is 16.3 Å². The molecule has 3 aromatic rings. The Morgan fingerprint density at radius 3 is 1.82 bits per heavy atom. The number of rotatable bonds is 5. The summed E-state index contributed by atoms with van der Waals surface area (Å²) in [6, 6.07) is 27.9. The van der Waals surface area contributed by atoms with E-state index in [9.17, 15) is 0 Å². The Hall–Kier alpha value is -1.98. The Morgan fingerprint density at radius 1 is 0.773 bits per heavy atom. The highest BCUT2D eigenvalue weighted by Gasteiger charge is 2.18. The molecular formula is C20H20NP. The maximum Gasteiger partial charge on any atom is 0.0435 e. The maximum absolute atomic E-state index is 4.53. The van der Waals surface area contributed by atoms with Gasteiger partial charge >= 0.3 is 0 Å². The minimum atomic E-state index is -0.354. The van der Waals surface area contributed by atoms with Crippen LogP contribution in [0.5, 0.6) is 0 Å². The standard InChI is InChI=1S/C20H20NP/c1-17(20-14-8-9-15-21-20)16-22(18-10-4-2-5-11-18)19-12-6-3-7-13-19/h2-15,17H,16H2,1H3. The van der Waals surface area contributed by atoms with E-state index in [2.05, 4.69) is 84.7 Å². The third-order valence-corrected chi connectivity index (χ3v) is 6.54. The van der Waals surface area contributed by atoms with Gasteiger partial charge in [-0.05, 0) is 36.8 Å². The van der Waals surface area contributed by atoms with Gasteiger partial charge in [0.05, 0.1) is 0 Å². The van der Waals surface area contributed by atoms with Crippen LogP contribution in [0.15, 0.2) is 85.1 Å². The maximum atomic E-state index is 4.53. The lowest BCUT2D eigenvalue weighted by molar-refractivity contribution is 0.832. The van der Waals surface area contributed by atoms with Crippen molar-refractivity contribution in [2.75, 3.05) is 6.16 Å². The molecule has 0 saturated carbocycles. The predicted octanol–water partition coefficient (Wildman–Crippen LogP) is 4.32. The summed E-state index contributed by atoms with van der Waals surface area (Å²) < 4.78 is 0. The predicted molar refractivity (Wildman–Crippen MR) is 96.6 cm³/mol. The lowest BCUT2D eigenvalue weighted by Crippen LogP contribution is -2.17. The van der Waals surface area contributed by atoms with Crippen molar-refractivity contribution in [3.8, 4) is 0 Å². The van der Waals surface area contributed by atoms with Crippen LogP contribution >= 0.6 is 7.92 Å². The molecule has 0 bridgehead atoms. The molecule has 3 rings (SSSR count). The molecule has 0 aliphatic carbocycles. The molecule has 0 aliphatic rings. The SMILES string of the molecule is CC(CP(c1ccccc1)c1ccccc1)c1ccccn1. The van der Waals surface area contributed by atoms with Crippen molar-refractivity contribution in [3.05, 3.63) is 90.8 Å². The molecule has 1 atom stereocenters. The van der Waals surface area contributed by atoms with Crippen LogP contribution in [0.4, 0.5) is 0 Å². The molecular weight excluding hydrogens is 285 g/mol. The summed E-state index contributed by atoms with van der Waals surface area (Å²) in [7, 11) is -0.354. The molecule has 0 N–H and O–H groups in total. The van der Waals surface area contributed by atoms with Crippen molar-refractivity contribution in [1.29, 1.82) is 0 Å². The highest BCUT2D eigenvalue weighted by atomic mass is 31.1. The second kappa shape index (κ2) is 7.33. The van der Waals surface area contributed by atoms with E-state index in [1.54, 1.807) is 0 Å². The zero-order valence-corrected chi connectivity index (χ0v) is 13.7. The van der Waals surface area contributed by atoms with Crippen LogP contribution in [0.3, 0.4) is 0 Å². The number of benzene rings is 2. The van der Waals surface area contributed by atoms with Crippen LogP contribution < -0.4 is 10.6 Å². The molecule has 0 saturated heterocycles. The molecule has 2 aromatic carbocycles. The van der Waals surface area contributed by atoms with Crippen LogP contribution in [-0.4, -0.2) is 11.1 Å². The van der Waals surface area contributed by atoms with E-state index in [1.807, 2.05) is 12.3 Å². The van der Waals surface area contributed by atoms with Crippen LogP contribution in [0, 0.1) is 0 Å². The van der Waals surface area contributed by atoms with Crippen molar-refractivity contribution in [2.45, 2.75) is 12.8 Å². The summed E-state index contributed by atoms with van der Waals surface area (Å²) in [5.41, 5.74) is 1.18. The van der Waals surface area contributed by atoms with E-state index >= 15 is 0 Å². The fourth-order valence-corrected chi connectivity index (χ4v) is 5.13. The van der Waals surface area contributed by atoms with Gasteiger partial charge in [0.1, 0.15) is 0 Å².